The minimum absolute atomic E-state index is 0.0889. The molecular weight excluding hydrogens is 328 g/mol. The van der Waals surface area contributed by atoms with Gasteiger partial charge in [-0.25, -0.2) is 4.79 Å². The molecule has 1 aromatic heterocycles. The van der Waals surface area contributed by atoms with E-state index in [4.69, 9.17) is 4.74 Å². The van der Waals surface area contributed by atoms with E-state index in [0.29, 0.717) is 24.5 Å². The zero-order valence-corrected chi connectivity index (χ0v) is 14.7. The number of hydrogen-bond acceptors (Lipinski definition) is 3. The summed E-state index contributed by atoms with van der Waals surface area (Å²) in [5.74, 6) is 0.665. The normalized spacial score (nSPS) is 14.5. The van der Waals surface area contributed by atoms with Crippen molar-refractivity contribution in [2.45, 2.75) is 0 Å². The average Bonchev–Trinajstić information content (AvgIpc) is 3.17. The van der Waals surface area contributed by atoms with E-state index in [1.165, 1.54) is 11.1 Å². The van der Waals surface area contributed by atoms with Gasteiger partial charge in [-0.15, -0.1) is 0 Å². The van der Waals surface area contributed by atoms with Gasteiger partial charge in [0.15, 0.2) is 0 Å². The van der Waals surface area contributed by atoms with E-state index in [1.54, 1.807) is 7.11 Å². The maximum absolute atomic E-state index is 12.6. The first kappa shape index (κ1) is 16.3. The number of anilines is 2. The average molecular weight is 350 g/mol. The lowest BCUT2D eigenvalue weighted by Crippen LogP contribution is -2.50. The third-order valence-corrected chi connectivity index (χ3v) is 4.83. The fraction of sp³-hybridized carbons (Fsp3) is 0.250. The number of ether oxygens (including phenoxy) is 1. The smallest absolute Gasteiger partial charge is 0.322 e. The number of urea groups is 1. The summed E-state index contributed by atoms with van der Waals surface area (Å²) < 4.78 is 5.30. The van der Waals surface area contributed by atoms with Gasteiger partial charge < -0.3 is 24.8 Å². The number of aromatic amines is 1. The van der Waals surface area contributed by atoms with Crippen LogP contribution < -0.4 is 15.0 Å². The fourth-order valence-electron chi connectivity index (χ4n) is 3.44. The van der Waals surface area contributed by atoms with Crippen LogP contribution in [-0.4, -0.2) is 49.2 Å². The maximum atomic E-state index is 12.6. The number of para-hydroxylation sites is 2. The maximum Gasteiger partial charge on any atom is 0.322 e. The molecule has 2 aromatic carbocycles. The largest absolute Gasteiger partial charge is 0.495 e. The van der Waals surface area contributed by atoms with E-state index < -0.39 is 0 Å². The molecule has 3 aromatic rings. The molecule has 2 N–H and O–H groups in total. The van der Waals surface area contributed by atoms with Crippen LogP contribution in [0, 0.1) is 0 Å². The zero-order valence-electron chi connectivity index (χ0n) is 14.7. The Labute approximate surface area is 152 Å². The second-order valence-electron chi connectivity index (χ2n) is 6.32. The van der Waals surface area contributed by atoms with Crippen LogP contribution in [0.15, 0.2) is 54.7 Å². The van der Waals surface area contributed by atoms with Gasteiger partial charge in [0.25, 0.3) is 0 Å². The summed E-state index contributed by atoms with van der Waals surface area (Å²) in [6, 6.07) is 15.7. The highest BCUT2D eigenvalue weighted by Gasteiger charge is 2.23. The molecule has 0 saturated carbocycles. The Bertz CT molecular complexity index is 913. The summed E-state index contributed by atoms with van der Waals surface area (Å²) in [5, 5.41) is 4.17. The Balaban J connectivity index is 1.42. The molecular formula is C20H22N4O2. The quantitative estimate of drug-likeness (QED) is 0.760. The molecule has 1 fully saturated rings. The number of amides is 2. The van der Waals surface area contributed by atoms with Crippen molar-refractivity contribution in [3.8, 4) is 5.75 Å². The van der Waals surface area contributed by atoms with Crippen LogP contribution >= 0.6 is 0 Å². The Hall–Kier alpha value is -3.15. The number of carbonyl (C=O) groups excluding carboxylic acids is 1. The van der Waals surface area contributed by atoms with Crippen molar-refractivity contribution >= 4 is 28.3 Å². The Morgan fingerprint density at radius 3 is 2.65 bits per heavy atom. The van der Waals surface area contributed by atoms with Crippen molar-refractivity contribution in [1.82, 2.24) is 9.88 Å². The molecule has 0 bridgehead atoms. The molecule has 2 amide bonds. The van der Waals surface area contributed by atoms with E-state index in [-0.39, 0.29) is 6.03 Å². The van der Waals surface area contributed by atoms with Crippen molar-refractivity contribution in [2.24, 2.45) is 0 Å². The van der Waals surface area contributed by atoms with Crippen LogP contribution in [0.1, 0.15) is 0 Å². The number of piperazine rings is 1. The number of rotatable bonds is 3. The molecule has 0 spiro atoms. The monoisotopic (exact) mass is 350 g/mol. The molecule has 1 saturated heterocycles. The van der Waals surface area contributed by atoms with E-state index in [0.717, 1.165) is 18.6 Å². The first-order chi connectivity index (χ1) is 12.8. The molecule has 4 rings (SSSR count). The molecule has 6 nitrogen and oxygen atoms in total. The van der Waals surface area contributed by atoms with Gasteiger partial charge in [0.2, 0.25) is 0 Å². The van der Waals surface area contributed by atoms with Crippen LogP contribution in [0.5, 0.6) is 5.75 Å². The van der Waals surface area contributed by atoms with Crippen molar-refractivity contribution in [1.29, 1.82) is 0 Å². The number of aromatic nitrogens is 1. The van der Waals surface area contributed by atoms with Gasteiger partial charge in [0.05, 0.1) is 12.8 Å². The number of nitrogens with one attached hydrogen (secondary N) is 2. The van der Waals surface area contributed by atoms with Gasteiger partial charge in [-0.1, -0.05) is 18.2 Å². The highest BCUT2D eigenvalue weighted by Crippen LogP contribution is 2.27. The van der Waals surface area contributed by atoms with Gasteiger partial charge in [0, 0.05) is 49.0 Å². The zero-order chi connectivity index (χ0) is 17.9. The molecule has 0 atom stereocenters. The van der Waals surface area contributed by atoms with Crippen LogP contribution in [0.25, 0.3) is 10.9 Å². The number of nitrogens with zero attached hydrogens (tertiary/aromatic N) is 2. The van der Waals surface area contributed by atoms with Crippen LogP contribution in [-0.2, 0) is 0 Å². The SMILES string of the molecule is COc1ccccc1NC(=O)N1CCN(c2cccc3[nH]ccc23)CC1. The summed E-state index contributed by atoms with van der Waals surface area (Å²) in [4.78, 5) is 20.0. The minimum Gasteiger partial charge on any atom is -0.495 e. The Morgan fingerprint density at radius 1 is 1.04 bits per heavy atom. The summed E-state index contributed by atoms with van der Waals surface area (Å²) in [7, 11) is 1.60. The molecule has 0 radical (unpaired) electrons. The molecule has 0 aliphatic carbocycles. The second kappa shape index (κ2) is 7.00. The third kappa shape index (κ3) is 3.06. The number of hydrogen-bond donors (Lipinski definition) is 2. The number of benzene rings is 2. The lowest BCUT2D eigenvalue weighted by molar-refractivity contribution is 0.208. The molecule has 26 heavy (non-hydrogen) atoms. The summed E-state index contributed by atoms with van der Waals surface area (Å²) in [5.41, 5.74) is 3.05. The Morgan fingerprint density at radius 2 is 1.85 bits per heavy atom. The molecule has 1 aliphatic heterocycles. The third-order valence-electron chi connectivity index (χ3n) is 4.83. The standard InChI is InChI=1S/C20H22N4O2/c1-26-19-8-3-2-5-17(19)22-20(25)24-13-11-23(12-14-24)18-7-4-6-16-15(18)9-10-21-16/h2-10,21H,11-14H2,1H3,(H,22,25). The van der Waals surface area contributed by atoms with Gasteiger partial charge in [-0.3, -0.25) is 0 Å². The topological polar surface area (TPSA) is 60.6 Å². The molecule has 1 aliphatic rings. The number of fused-ring (bicyclic) bond motifs is 1. The van der Waals surface area contributed by atoms with E-state index >= 15 is 0 Å². The van der Waals surface area contributed by atoms with E-state index in [1.807, 2.05) is 35.4 Å². The first-order valence-electron chi connectivity index (χ1n) is 8.76. The molecule has 6 heteroatoms. The molecule has 2 heterocycles. The number of H-pyrrole nitrogens is 1. The van der Waals surface area contributed by atoms with Crippen LogP contribution in [0.4, 0.5) is 16.2 Å². The minimum atomic E-state index is -0.0889. The number of carbonyl (C=O) groups is 1. The summed E-state index contributed by atoms with van der Waals surface area (Å²) >= 11 is 0. The fourth-order valence-corrected chi connectivity index (χ4v) is 3.44. The Kier molecular flexibility index (Phi) is 4.39. The highest BCUT2D eigenvalue weighted by atomic mass is 16.5. The van der Waals surface area contributed by atoms with E-state index in [2.05, 4.69) is 39.5 Å². The molecule has 134 valence electrons. The highest BCUT2D eigenvalue weighted by molar-refractivity contribution is 5.93. The van der Waals surface area contributed by atoms with Crippen molar-refractivity contribution < 1.29 is 9.53 Å². The van der Waals surface area contributed by atoms with Crippen molar-refractivity contribution in [3.63, 3.8) is 0 Å². The molecule has 0 unspecified atom stereocenters. The summed E-state index contributed by atoms with van der Waals surface area (Å²) in [6.07, 6.45) is 1.96. The van der Waals surface area contributed by atoms with Crippen LogP contribution in [0.2, 0.25) is 0 Å². The second-order valence-corrected chi connectivity index (χ2v) is 6.32. The number of methoxy groups -OCH3 is 1. The van der Waals surface area contributed by atoms with Gasteiger partial charge in [-0.2, -0.15) is 0 Å². The van der Waals surface area contributed by atoms with Crippen molar-refractivity contribution in [3.05, 3.63) is 54.7 Å². The van der Waals surface area contributed by atoms with Gasteiger partial charge in [-0.05, 0) is 30.3 Å². The van der Waals surface area contributed by atoms with E-state index in [9.17, 15) is 4.79 Å². The van der Waals surface area contributed by atoms with Crippen LogP contribution in [0.3, 0.4) is 0 Å². The predicted octanol–water partition coefficient (Wildman–Crippen LogP) is 3.53. The lowest BCUT2D eigenvalue weighted by Gasteiger charge is -2.36. The van der Waals surface area contributed by atoms with Gasteiger partial charge in [0.1, 0.15) is 5.75 Å². The summed E-state index contributed by atoms with van der Waals surface area (Å²) in [6.45, 7) is 2.98. The predicted molar refractivity (Wildman–Crippen MR) is 104 cm³/mol. The van der Waals surface area contributed by atoms with Crippen molar-refractivity contribution in [2.75, 3.05) is 43.5 Å². The van der Waals surface area contributed by atoms with Gasteiger partial charge >= 0.3 is 6.03 Å². The first-order valence-corrected chi connectivity index (χ1v) is 8.76. The lowest BCUT2D eigenvalue weighted by atomic mass is 10.2.